The van der Waals surface area contributed by atoms with Crippen molar-refractivity contribution in [3.05, 3.63) is 35.4 Å². The summed E-state index contributed by atoms with van der Waals surface area (Å²) in [5, 5.41) is 8.91. The van der Waals surface area contributed by atoms with Gasteiger partial charge in [0.15, 0.2) is 0 Å². The van der Waals surface area contributed by atoms with Gasteiger partial charge in [-0.2, -0.15) is 13.2 Å². The Kier molecular flexibility index (Phi) is 4.55. The molecule has 1 aromatic rings. The van der Waals surface area contributed by atoms with E-state index >= 15 is 0 Å². The normalized spacial score (nSPS) is 13.1. The van der Waals surface area contributed by atoms with Gasteiger partial charge in [-0.1, -0.05) is 12.1 Å². The fraction of sp³-hybridized carbons (Fsp3) is 0.364. The predicted octanol–water partition coefficient (Wildman–Crippen LogP) is 1.70. The number of benzene rings is 1. The zero-order valence-electron chi connectivity index (χ0n) is 9.28. The molecule has 1 unspecified atom stereocenters. The van der Waals surface area contributed by atoms with Crippen LogP contribution < -0.4 is 5.73 Å². The third kappa shape index (κ3) is 4.25. The fourth-order valence-corrected chi connectivity index (χ4v) is 1.40. The molecular weight excluding hydrogens is 251 g/mol. The first-order chi connectivity index (χ1) is 8.32. The Morgan fingerprint density at radius 3 is 2.28 bits per heavy atom. The molecule has 0 aromatic heterocycles. The smallest absolute Gasteiger partial charge is 0.416 e. The van der Waals surface area contributed by atoms with Crippen LogP contribution in [0, 0.1) is 0 Å². The second-order valence-electron chi connectivity index (χ2n) is 3.64. The zero-order chi connectivity index (χ0) is 13.8. The number of hydrogen-bond acceptors (Lipinski definition) is 3. The van der Waals surface area contributed by atoms with E-state index in [2.05, 4.69) is 4.74 Å². The highest BCUT2D eigenvalue weighted by molar-refractivity contribution is 5.64. The van der Waals surface area contributed by atoms with E-state index in [1.807, 2.05) is 0 Å². The number of primary amides is 1. The Hall–Kier alpha value is -1.76. The summed E-state index contributed by atoms with van der Waals surface area (Å²) in [6.45, 7) is -0.454. The van der Waals surface area contributed by atoms with Crippen molar-refractivity contribution in [3.63, 3.8) is 0 Å². The van der Waals surface area contributed by atoms with E-state index in [0.29, 0.717) is 5.56 Å². The second-order valence-corrected chi connectivity index (χ2v) is 3.64. The minimum absolute atomic E-state index is 0.0948. The second kappa shape index (κ2) is 5.72. The Balaban J connectivity index is 2.71. The molecule has 0 saturated carbocycles. The molecule has 3 N–H and O–H groups in total. The van der Waals surface area contributed by atoms with Gasteiger partial charge in [-0.25, -0.2) is 4.79 Å². The van der Waals surface area contributed by atoms with Crippen LogP contribution in [-0.4, -0.2) is 23.9 Å². The average Bonchev–Trinajstić information content (AvgIpc) is 2.27. The maximum atomic E-state index is 12.3. The Bertz CT molecular complexity index is 403. The van der Waals surface area contributed by atoms with Crippen LogP contribution in [-0.2, 0) is 17.3 Å². The molecule has 0 bridgehead atoms. The Labute approximate surface area is 101 Å². The molecule has 1 amide bonds. The van der Waals surface area contributed by atoms with Crippen LogP contribution >= 0.6 is 0 Å². The molecule has 0 radical (unpaired) electrons. The fourth-order valence-electron chi connectivity index (χ4n) is 1.40. The van der Waals surface area contributed by atoms with E-state index in [4.69, 9.17) is 10.8 Å². The molecular formula is C11H12F3NO3. The lowest BCUT2D eigenvalue weighted by molar-refractivity contribution is -0.137. The quantitative estimate of drug-likeness (QED) is 0.868. The molecule has 7 heteroatoms. The summed E-state index contributed by atoms with van der Waals surface area (Å²) in [6, 6.07) is 4.37. The summed E-state index contributed by atoms with van der Waals surface area (Å²) in [5.74, 6) is 0. The van der Waals surface area contributed by atoms with Gasteiger partial charge in [-0.3, -0.25) is 0 Å². The number of aliphatic hydroxyl groups excluding tert-OH is 1. The van der Waals surface area contributed by atoms with Gasteiger partial charge in [0.1, 0.15) is 6.10 Å². The van der Waals surface area contributed by atoms with Crippen LogP contribution in [0.2, 0.25) is 0 Å². The lowest BCUT2D eigenvalue weighted by atomic mass is 10.1. The number of amides is 1. The van der Waals surface area contributed by atoms with E-state index < -0.39 is 30.5 Å². The first-order valence-corrected chi connectivity index (χ1v) is 5.06. The van der Waals surface area contributed by atoms with Crippen molar-refractivity contribution in [1.82, 2.24) is 0 Å². The van der Waals surface area contributed by atoms with Crippen LogP contribution in [0.25, 0.3) is 0 Å². The van der Waals surface area contributed by atoms with Crippen molar-refractivity contribution in [3.8, 4) is 0 Å². The van der Waals surface area contributed by atoms with Gasteiger partial charge in [0.2, 0.25) is 0 Å². The maximum absolute atomic E-state index is 12.3. The molecule has 0 aliphatic rings. The zero-order valence-corrected chi connectivity index (χ0v) is 9.28. The lowest BCUT2D eigenvalue weighted by Crippen LogP contribution is -2.27. The van der Waals surface area contributed by atoms with E-state index in [9.17, 15) is 18.0 Å². The van der Waals surface area contributed by atoms with Crippen LogP contribution in [0.5, 0.6) is 0 Å². The van der Waals surface area contributed by atoms with Crippen LogP contribution in [0.1, 0.15) is 11.1 Å². The standard InChI is InChI=1S/C11H12F3NO3/c12-11(13,14)8-3-1-7(2-4-8)5-9(6-16)18-10(15)17/h1-4,9,16H,5-6H2,(H2,15,17). The largest absolute Gasteiger partial charge is 0.444 e. The van der Waals surface area contributed by atoms with E-state index in [1.165, 1.54) is 12.1 Å². The molecule has 0 spiro atoms. The number of aliphatic hydroxyl groups is 1. The maximum Gasteiger partial charge on any atom is 0.416 e. The molecule has 0 aliphatic carbocycles. The monoisotopic (exact) mass is 263 g/mol. The molecule has 1 aromatic carbocycles. The van der Waals surface area contributed by atoms with Crippen molar-refractivity contribution in [2.75, 3.05) is 6.61 Å². The lowest BCUT2D eigenvalue weighted by Gasteiger charge is -2.14. The van der Waals surface area contributed by atoms with Crippen molar-refractivity contribution < 1.29 is 27.8 Å². The number of carbonyl (C=O) groups is 1. The molecule has 0 fully saturated rings. The van der Waals surface area contributed by atoms with Crippen molar-refractivity contribution >= 4 is 6.09 Å². The summed E-state index contributed by atoms with van der Waals surface area (Å²) >= 11 is 0. The molecule has 0 aliphatic heterocycles. The highest BCUT2D eigenvalue weighted by Gasteiger charge is 2.30. The average molecular weight is 263 g/mol. The summed E-state index contributed by atoms with van der Waals surface area (Å²) in [6.07, 6.45) is -6.20. The number of rotatable bonds is 4. The molecule has 1 rings (SSSR count). The number of ether oxygens (including phenoxy) is 1. The summed E-state index contributed by atoms with van der Waals surface area (Å²) in [5.41, 5.74) is 4.52. The molecule has 0 saturated heterocycles. The van der Waals surface area contributed by atoms with Gasteiger partial charge in [0.05, 0.1) is 12.2 Å². The summed E-state index contributed by atoms with van der Waals surface area (Å²) in [7, 11) is 0. The summed E-state index contributed by atoms with van der Waals surface area (Å²) in [4.78, 5) is 10.5. The number of nitrogens with two attached hydrogens (primary N) is 1. The third-order valence-corrected chi connectivity index (χ3v) is 2.23. The van der Waals surface area contributed by atoms with Crippen molar-refractivity contribution in [1.29, 1.82) is 0 Å². The number of halogens is 3. The van der Waals surface area contributed by atoms with Gasteiger partial charge in [-0.15, -0.1) is 0 Å². The van der Waals surface area contributed by atoms with E-state index in [1.54, 1.807) is 0 Å². The van der Waals surface area contributed by atoms with Gasteiger partial charge in [-0.05, 0) is 17.7 Å². The SMILES string of the molecule is NC(=O)OC(CO)Cc1ccc(C(F)(F)F)cc1. The number of hydrogen-bond donors (Lipinski definition) is 2. The van der Waals surface area contributed by atoms with Crippen molar-refractivity contribution in [2.24, 2.45) is 5.73 Å². The van der Waals surface area contributed by atoms with Gasteiger partial charge >= 0.3 is 12.3 Å². The molecule has 1 atom stereocenters. The van der Waals surface area contributed by atoms with Crippen LogP contribution in [0.4, 0.5) is 18.0 Å². The highest BCUT2D eigenvalue weighted by Crippen LogP contribution is 2.29. The molecule has 18 heavy (non-hydrogen) atoms. The minimum Gasteiger partial charge on any atom is -0.444 e. The Morgan fingerprint density at radius 2 is 1.89 bits per heavy atom. The first-order valence-electron chi connectivity index (χ1n) is 5.06. The Morgan fingerprint density at radius 1 is 1.33 bits per heavy atom. The number of carbonyl (C=O) groups excluding carboxylic acids is 1. The van der Waals surface area contributed by atoms with Crippen LogP contribution in [0.3, 0.4) is 0 Å². The molecule has 0 heterocycles. The third-order valence-electron chi connectivity index (χ3n) is 2.23. The minimum atomic E-state index is -4.39. The van der Waals surface area contributed by atoms with Gasteiger partial charge in [0.25, 0.3) is 0 Å². The van der Waals surface area contributed by atoms with E-state index in [-0.39, 0.29) is 6.42 Å². The highest BCUT2D eigenvalue weighted by atomic mass is 19.4. The van der Waals surface area contributed by atoms with Gasteiger partial charge in [0, 0.05) is 6.42 Å². The predicted molar refractivity (Wildman–Crippen MR) is 56.7 cm³/mol. The first kappa shape index (κ1) is 14.3. The summed E-state index contributed by atoms with van der Waals surface area (Å²) < 4.78 is 41.5. The molecule has 4 nitrogen and oxygen atoms in total. The van der Waals surface area contributed by atoms with Crippen LogP contribution in [0.15, 0.2) is 24.3 Å². The van der Waals surface area contributed by atoms with Crippen molar-refractivity contribution in [2.45, 2.75) is 18.7 Å². The molecule has 100 valence electrons. The number of alkyl halides is 3. The van der Waals surface area contributed by atoms with E-state index in [0.717, 1.165) is 12.1 Å². The topological polar surface area (TPSA) is 72.6 Å². The van der Waals surface area contributed by atoms with Gasteiger partial charge < -0.3 is 15.6 Å².